The van der Waals surface area contributed by atoms with Crippen LogP contribution in [0.1, 0.15) is 35.2 Å². The lowest BCUT2D eigenvalue weighted by atomic mass is 9.81. The van der Waals surface area contributed by atoms with E-state index in [1.54, 1.807) is 23.1 Å². The van der Waals surface area contributed by atoms with Crippen LogP contribution in [-0.4, -0.2) is 54.7 Å². The van der Waals surface area contributed by atoms with Crippen molar-refractivity contribution < 1.29 is 24.2 Å². The van der Waals surface area contributed by atoms with Gasteiger partial charge in [-0.05, 0) is 42.9 Å². The van der Waals surface area contributed by atoms with E-state index in [0.717, 1.165) is 18.4 Å². The number of esters is 1. The van der Waals surface area contributed by atoms with Gasteiger partial charge in [-0.1, -0.05) is 18.6 Å². The van der Waals surface area contributed by atoms with Crippen molar-refractivity contribution >= 4 is 18.0 Å². The Labute approximate surface area is 152 Å². The highest BCUT2D eigenvalue weighted by molar-refractivity contribution is 5.89. The summed E-state index contributed by atoms with van der Waals surface area (Å²) in [7, 11) is 1.34. The standard InChI is InChI=1S/C19H24N2O5/c1-26-16(22)14-5-2-4-13(10-14)7-9-20-18(25)21-11-15-6-3-8-19(15,12-21)17(23)24/h2,4-5,10,15H,3,6-9,11-12H2,1H3,(H,20,25)(H,23,24)/t15-,19+/m0/s1. The summed E-state index contributed by atoms with van der Waals surface area (Å²) in [4.78, 5) is 37.3. The van der Waals surface area contributed by atoms with Crippen LogP contribution in [0.3, 0.4) is 0 Å². The van der Waals surface area contributed by atoms with Crippen LogP contribution in [0.5, 0.6) is 0 Å². The van der Waals surface area contributed by atoms with Crippen molar-refractivity contribution in [2.24, 2.45) is 11.3 Å². The van der Waals surface area contributed by atoms with Gasteiger partial charge in [0.05, 0.1) is 18.1 Å². The molecular weight excluding hydrogens is 336 g/mol. The number of aliphatic carboxylic acids is 1. The maximum Gasteiger partial charge on any atom is 0.337 e. The van der Waals surface area contributed by atoms with Crippen LogP contribution < -0.4 is 5.32 Å². The van der Waals surface area contributed by atoms with E-state index in [2.05, 4.69) is 5.32 Å². The molecule has 2 atom stereocenters. The number of rotatable bonds is 5. The second-order valence-electron chi connectivity index (χ2n) is 7.10. The van der Waals surface area contributed by atoms with E-state index in [0.29, 0.717) is 31.5 Å². The molecule has 0 radical (unpaired) electrons. The highest BCUT2D eigenvalue weighted by Crippen LogP contribution is 2.48. The maximum atomic E-state index is 12.4. The number of fused-ring (bicyclic) bond motifs is 1. The minimum atomic E-state index is -0.782. The summed E-state index contributed by atoms with van der Waals surface area (Å²) >= 11 is 0. The zero-order valence-corrected chi connectivity index (χ0v) is 14.9. The number of methoxy groups -OCH3 is 1. The number of carbonyl (C=O) groups is 3. The van der Waals surface area contributed by atoms with Crippen molar-refractivity contribution in [1.82, 2.24) is 10.2 Å². The number of hydrogen-bond donors (Lipinski definition) is 2. The quantitative estimate of drug-likeness (QED) is 0.782. The smallest absolute Gasteiger partial charge is 0.337 e. The highest BCUT2D eigenvalue weighted by atomic mass is 16.5. The molecule has 1 aromatic carbocycles. The van der Waals surface area contributed by atoms with Crippen molar-refractivity contribution in [2.45, 2.75) is 25.7 Å². The van der Waals surface area contributed by atoms with Crippen molar-refractivity contribution in [3.05, 3.63) is 35.4 Å². The molecule has 140 valence electrons. The lowest BCUT2D eigenvalue weighted by molar-refractivity contribution is -0.149. The second kappa shape index (κ2) is 7.35. The molecule has 1 heterocycles. The normalized spacial score (nSPS) is 24.2. The third kappa shape index (κ3) is 3.38. The molecule has 1 saturated carbocycles. The molecule has 0 aromatic heterocycles. The molecule has 0 bridgehead atoms. The predicted octanol–water partition coefficient (Wildman–Crippen LogP) is 1.91. The van der Waals surface area contributed by atoms with Crippen LogP contribution in [0.4, 0.5) is 4.79 Å². The van der Waals surface area contributed by atoms with E-state index < -0.39 is 17.4 Å². The molecule has 7 nitrogen and oxygen atoms in total. The van der Waals surface area contributed by atoms with Gasteiger partial charge in [0.25, 0.3) is 0 Å². The van der Waals surface area contributed by atoms with Crippen molar-refractivity contribution in [2.75, 3.05) is 26.7 Å². The Morgan fingerprint density at radius 3 is 2.88 bits per heavy atom. The molecule has 1 aromatic rings. The Morgan fingerprint density at radius 2 is 2.19 bits per heavy atom. The number of nitrogens with zero attached hydrogens (tertiary/aromatic N) is 1. The van der Waals surface area contributed by atoms with Crippen LogP contribution in [0.25, 0.3) is 0 Å². The van der Waals surface area contributed by atoms with Gasteiger partial charge >= 0.3 is 18.0 Å². The zero-order valence-electron chi connectivity index (χ0n) is 14.9. The average Bonchev–Trinajstić information content (AvgIpc) is 3.19. The number of carboxylic acids is 1. The first-order chi connectivity index (χ1) is 12.5. The molecule has 1 saturated heterocycles. The number of carbonyl (C=O) groups excluding carboxylic acids is 2. The van der Waals surface area contributed by atoms with Gasteiger partial charge < -0.3 is 20.1 Å². The molecular formula is C19H24N2O5. The molecule has 2 fully saturated rings. The topological polar surface area (TPSA) is 95.9 Å². The minimum absolute atomic E-state index is 0.0579. The van der Waals surface area contributed by atoms with Crippen LogP contribution in [0, 0.1) is 11.3 Å². The van der Waals surface area contributed by atoms with E-state index >= 15 is 0 Å². The third-order valence-corrected chi connectivity index (χ3v) is 5.62. The van der Waals surface area contributed by atoms with Gasteiger partial charge in [-0.3, -0.25) is 4.79 Å². The van der Waals surface area contributed by atoms with Crippen molar-refractivity contribution in [1.29, 1.82) is 0 Å². The number of urea groups is 1. The Hall–Kier alpha value is -2.57. The molecule has 0 spiro atoms. The Morgan fingerprint density at radius 1 is 1.38 bits per heavy atom. The van der Waals surface area contributed by atoms with E-state index in [-0.39, 0.29) is 18.5 Å². The number of hydrogen-bond acceptors (Lipinski definition) is 4. The first-order valence-electron chi connectivity index (χ1n) is 8.90. The van der Waals surface area contributed by atoms with Crippen molar-refractivity contribution in [3.63, 3.8) is 0 Å². The molecule has 2 N–H and O–H groups in total. The summed E-state index contributed by atoms with van der Waals surface area (Å²) in [5, 5.41) is 12.5. The minimum Gasteiger partial charge on any atom is -0.481 e. The summed E-state index contributed by atoms with van der Waals surface area (Å²) in [6.45, 7) is 1.22. The van der Waals surface area contributed by atoms with Gasteiger partial charge in [-0.25, -0.2) is 9.59 Å². The summed E-state index contributed by atoms with van der Waals surface area (Å²) in [5.41, 5.74) is 0.646. The van der Waals surface area contributed by atoms with Gasteiger partial charge in [-0.2, -0.15) is 0 Å². The Bertz CT molecular complexity index is 720. The molecule has 26 heavy (non-hydrogen) atoms. The molecule has 2 aliphatic rings. The zero-order chi connectivity index (χ0) is 18.7. The van der Waals surface area contributed by atoms with Gasteiger partial charge in [0, 0.05) is 19.6 Å². The lowest BCUT2D eigenvalue weighted by Crippen LogP contribution is -2.42. The highest BCUT2D eigenvalue weighted by Gasteiger charge is 2.55. The van der Waals surface area contributed by atoms with Crippen LogP contribution in [0.15, 0.2) is 24.3 Å². The number of amides is 2. The molecule has 3 rings (SSSR count). The number of carboxylic acid groups (broad SMARTS) is 1. The van der Waals surface area contributed by atoms with Gasteiger partial charge in [0.15, 0.2) is 0 Å². The molecule has 7 heteroatoms. The fourth-order valence-electron chi connectivity index (χ4n) is 4.19. The van der Waals surface area contributed by atoms with E-state index in [1.807, 2.05) is 6.07 Å². The van der Waals surface area contributed by atoms with Gasteiger partial charge in [-0.15, -0.1) is 0 Å². The summed E-state index contributed by atoms with van der Waals surface area (Å²) < 4.78 is 4.70. The molecule has 0 unspecified atom stereocenters. The Kier molecular flexibility index (Phi) is 5.15. The van der Waals surface area contributed by atoms with Crippen molar-refractivity contribution in [3.8, 4) is 0 Å². The van der Waals surface area contributed by atoms with E-state index in [9.17, 15) is 19.5 Å². The van der Waals surface area contributed by atoms with Crippen LogP contribution >= 0.6 is 0 Å². The number of benzene rings is 1. The van der Waals surface area contributed by atoms with E-state index in [1.165, 1.54) is 7.11 Å². The largest absolute Gasteiger partial charge is 0.481 e. The monoisotopic (exact) mass is 360 g/mol. The molecule has 2 amide bonds. The third-order valence-electron chi connectivity index (χ3n) is 5.62. The Balaban J connectivity index is 1.53. The average molecular weight is 360 g/mol. The summed E-state index contributed by atoms with van der Waals surface area (Å²) in [6.07, 6.45) is 3.02. The van der Waals surface area contributed by atoms with E-state index in [4.69, 9.17) is 4.74 Å². The van der Waals surface area contributed by atoms with Crippen LogP contribution in [0.2, 0.25) is 0 Å². The number of ether oxygens (including phenoxy) is 1. The fourth-order valence-corrected chi connectivity index (χ4v) is 4.19. The first-order valence-corrected chi connectivity index (χ1v) is 8.90. The fraction of sp³-hybridized carbons (Fsp3) is 0.526. The number of likely N-dealkylation sites (tertiary alicyclic amines) is 1. The summed E-state index contributed by atoms with van der Waals surface area (Å²) in [6, 6.07) is 6.88. The maximum absolute atomic E-state index is 12.4. The summed E-state index contributed by atoms with van der Waals surface area (Å²) in [5.74, 6) is -1.11. The van der Waals surface area contributed by atoms with Gasteiger partial charge in [0.2, 0.25) is 0 Å². The SMILES string of the molecule is COC(=O)c1cccc(CCNC(=O)N2C[C@@H]3CCC[C@@]3(C(=O)O)C2)c1. The molecule has 1 aliphatic heterocycles. The molecule has 1 aliphatic carbocycles. The van der Waals surface area contributed by atoms with Crippen LogP contribution in [-0.2, 0) is 16.0 Å². The van der Waals surface area contributed by atoms with Gasteiger partial charge in [0.1, 0.15) is 0 Å². The second-order valence-corrected chi connectivity index (χ2v) is 7.10. The lowest BCUT2D eigenvalue weighted by Gasteiger charge is -2.23. The predicted molar refractivity (Wildman–Crippen MR) is 93.9 cm³/mol. The first kappa shape index (κ1) is 18.2. The number of nitrogens with one attached hydrogen (secondary N) is 1.